The van der Waals surface area contributed by atoms with Gasteiger partial charge in [0, 0.05) is 11.3 Å². The normalized spacial score (nSPS) is 17.0. The topological polar surface area (TPSA) is 67.2 Å². The number of rotatable bonds is 6. The van der Waals surface area contributed by atoms with Crippen LogP contribution < -0.4 is 10.9 Å². The molecule has 0 spiro atoms. The maximum Gasteiger partial charge on any atom is 0.283 e. The molecule has 1 aliphatic carbocycles. The third kappa shape index (κ3) is 3.14. The van der Waals surface area contributed by atoms with E-state index in [4.69, 9.17) is 5.11 Å². The third-order valence-electron chi connectivity index (χ3n) is 3.60. The lowest BCUT2D eigenvalue weighted by molar-refractivity contribution is 0.266. The van der Waals surface area contributed by atoms with Crippen molar-refractivity contribution in [3.05, 3.63) is 21.0 Å². The van der Waals surface area contributed by atoms with Gasteiger partial charge in [-0.05, 0) is 35.0 Å². The van der Waals surface area contributed by atoms with Crippen LogP contribution in [0.15, 0.2) is 15.5 Å². The maximum atomic E-state index is 12.0. The fraction of sp³-hybridized carbons (Fsp3) is 0.667. The van der Waals surface area contributed by atoms with Crippen LogP contribution in [0.25, 0.3) is 0 Å². The molecule has 0 bridgehead atoms. The first-order chi connectivity index (χ1) is 9.12. The van der Waals surface area contributed by atoms with Gasteiger partial charge in [-0.1, -0.05) is 6.42 Å². The number of aliphatic hydroxyl groups is 1. The van der Waals surface area contributed by atoms with Crippen molar-refractivity contribution in [1.29, 1.82) is 0 Å². The molecule has 0 amide bonds. The summed E-state index contributed by atoms with van der Waals surface area (Å²) in [6, 6.07) is 0. The van der Waals surface area contributed by atoms with E-state index in [9.17, 15) is 4.79 Å². The number of nitrogens with one attached hydrogen (secondary N) is 1. The monoisotopic (exact) mass is 347 g/mol. The molecule has 1 aromatic rings. The highest BCUT2D eigenvalue weighted by Gasteiger charge is 2.35. The lowest BCUT2D eigenvalue weighted by Gasteiger charge is -2.40. The fourth-order valence-corrected chi connectivity index (χ4v) is 3.48. The molecular formula is C12H18BrN3O2S. The summed E-state index contributed by atoms with van der Waals surface area (Å²) < 4.78 is 2.04. The van der Waals surface area contributed by atoms with Gasteiger partial charge in [-0.2, -0.15) is 16.9 Å². The lowest BCUT2D eigenvalue weighted by Crippen LogP contribution is -2.40. The quantitative estimate of drug-likeness (QED) is 0.819. The summed E-state index contributed by atoms with van der Waals surface area (Å²) in [6.45, 7) is 0.964. The Bertz CT molecular complexity index is 497. The Labute approximate surface area is 124 Å². The molecule has 1 aliphatic rings. The van der Waals surface area contributed by atoms with Crippen molar-refractivity contribution in [3.63, 3.8) is 0 Å². The molecule has 1 saturated carbocycles. The standard InChI is InChI=1S/C12H18BrN3O2S/c1-19-12(3-2-4-12)8-14-9-7-15-16(5-6-17)11(18)10(9)13/h7,14,17H,2-6,8H2,1H3. The number of aromatic nitrogens is 2. The van der Waals surface area contributed by atoms with Gasteiger partial charge in [0.1, 0.15) is 4.47 Å². The summed E-state index contributed by atoms with van der Waals surface area (Å²) in [5, 5.41) is 16.2. The summed E-state index contributed by atoms with van der Waals surface area (Å²) in [7, 11) is 0. The summed E-state index contributed by atoms with van der Waals surface area (Å²) >= 11 is 5.19. The van der Waals surface area contributed by atoms with Crippen LogP contribution in [0, 0.1) is 0 Å². The molecule has 1 fully saturated rings. The highest BCUT2D eigenvalue weighted by atomic mass is 79.9. The minimum Gasteiger partial charge on any atom is -0.394 e. The van der Waals surface area contributed by atoms with E-state index < -0.39 is 0 Å². The molecule has 7 heteroatoms. The average molecular weight is 348 g/mol. The molecule has 1 heterocycles. The van der Waals surface area contributed by atoms with E-state index in [-0.39, 0.29) is 18.7 Å². The lowest BCUT2D eigenvalue weighted by atomic mass is 9.84. The van der Waals surface area contributed by atoms with Crippen molar-refractivity contribution in [2.75, 3.05) is 24.7 Å². The molecule has 0 atom stereocenters. The second-order valence-corrected chi connectivity index (χ2v) is 6.79. The number of thioether (sulfide) groups is 1. The first-order valence-corrected chi connectivity index (χ1v) is 8.29. The molecule has 0 aromatic carbocycles. The Kier molecular flexibility index (Phi) is 4.92. The molecule has 2 N–H and O–H groups in total. The Morgan fingerprint density at radius 3 is 2.89 bits per heavy atom. The molecule has 1 aromatic heterocycles. The highest BCUT2D eigenvalue weighted by Crippen LogP contribution is 2.42. The summed E-state index contributed by atoms with van der Waals surface area (Å²) in [5.74, 6) is 0. The Hall–Kier alpha value is -0.530. The zero-order valence-corrected chi connectivity index (χ0v) is 13.3. The van der Waals surface area contributed by atoms with E-state index in [0.717, 1.165) is 12.2 Å². The van der Waals surface area contributed by atoms with Crippen molar-refractivity contribution in [1.82, 2.24) is 9.78 Å². The van der Waals surface area contributed by atoms with Crippen LogP contribution in [0.5, 0.6) is 0 Å². The zero-order chi connectivity index (χ0) is 13.9. The van der Waals surface area contributed by atoms with Gasteiger partial charge in [-0.15, -0.1) is 0 Å². The van der Waals surface area contributed by atoms with Crippen LogP contribution in [0.4, 0.5) is 5.69 Å². The minimum atomic E-state index is -0.217. The van der Waals surface area contributed by atoms with Crippen molar-refractivity contribution in [2.24, 2.45) is 0 Å². The Morgan fingerprint density at radius 2 is 2.37 bits per heavy atom. The van der Waals surface area contributed by atoms with E-state index in [0.29, 0.717) is 9.22 Å². The molecule has 5 nitrogen and oxygen atoms in total. The molecule has 2 rings (SSSR count). The Balaban J connectivity index is 2.09. The van der Waals surface area contributed by atoms with E-state index in [1.54, 1.807) is 6.20 Å². The van der Waals surface area contributed by atoms with Crippen molar-refractivity contribution in [2.45, 2.75) is 30.6 Å². The summed E-state index contributed by atoms with van der Waals surface area (Å²) in [4.78, 5) is 12.0. The molecule has 0 unspecified atom stereocenters. The predicted octanol–water partition coefficient (Wildman–Crippen LogP) is 1.70. The number of aliphatic hydroxyl groups excluding tert-OH is 1. The van der Waals surface area contributed by atoms with Gasteiger partial charge < -0.3 is 10.4 Å². The van der Waals surface area contributed by atoms with E-state index >= 15 is 0 Å². The van der Waals surface area contributed by atoms with Gasteiger partial charge >= 0.3 is 0 Å². The largest absolute Gasteiger partial charge is 0.394 e. The third-order valence-corrected chi connectivity index (χ3v) is 5.78. The summed E-state index contributed by atoms with van der Waals surface area (Å²) in [6.07, 6.45) is 7.48. The van der Waals surface area contributed by atoms with Gasteiger partial charge in [-0.25, -0.2) is 4.68 Å². The van der Waals surface area contributed by atoms with E-state index in [1.165, 1.54) is 23.9 Å². The molecule has 106 valence electrons. The van der Waals surface area contributed by atoms with Crippen LogP contribution in [-0.2, 0) is 6.54 Å². The van der Waals surface area contributed by atoms with Crippen LogP contribution >= 0.6 is 27.7 Å². The van der Waals surface area contributed by atoms with Gasteiger partial charge in [0.15, 0.2) is 0 Å². The van der Waals surface area contributed by atoms with Crippen molar-refractivity contribution >= 4 is 33.4 Å². The molecular weight excluding hydrogens is 330 g/mol. The molecule has 0 aliphatic heterocycles. The first-order valence-electron chi connectivity index (χ1n) is 6.27. The SMILES string of the molecule is CSC1(CNc2cnn(CCO)c(=O)c2Br)CCC1. The zero-order valence-electron chi connectivity index (χ0n) is 10.9. The van der Waals surface area contributed by atoms with Crippen molar-refractivity contribution < 1.29 is 5.11 Å². The maximum absolute atomic E-state index is 12.0. The van der Waals surface area contributed by atoms with E-state index in [1.807, 2.05) is 11.8 Å². The Morgan fingerprint density at radius 1 is 1.63 bits per heavy atom. The number of halogens is 1. The minimum absolute atomic E-state index is 0.0955. The second-order valence-electron chi connectivity index (χ2n) is 4.72. The number of anilines is 1. The van der Waals surface area contributed by atoms with Crippen LogP contribution in [0.3, 0.4) is 0 Å². The first kappa shape index (κ1) is 14.9. The van der Waals surface area contributed by atoms with Gasteiger partial charge in [-0.3, -0.25) is 4.79 Å². The van der Waals surface area contributed by atoms with Crippen LogP contribution in [0.2, 0.25) is 0 Å². The van der Waals surface area contributed by atoms with Crippen molar-refractivity contribution in [3.8, 4) is 0 Å². The molecule has 0 radical (unpaired) electrons. The highest BCUT2D eigenvalue weighted by molar-refractivity contribution is 9.10. The second kappa shape index (κ2) is 6.28. The fourth-order valence-electron chi connectivity index (χ4n) is 2.12. The van der Waals surface area contributed by atoms with E-state index in [2.05, 4.69) is 32.6 Å². The van der Waals surface area contributed by atoms with Gasteiger partial charge in [0.05, 0.1) is 25.0 Å². The number of hydrogen-bond acceptors (Lipinski definition) is 5. The predicted molar refractivity (Wildman–Crippen MR) is 81.9 cm³/mol. The molecule has 0 saturated heterocycles. The van der Waals surface area contributed by atoms with Crippen LogP contribution in [-0.4, -0.2) is 39.0 Å². The smallest absolute Gasteiger partial charge is 0.283 e. The number of hydrogen-bond donors (Lipinski definition) is 2. The molecule has 19 heavy (non-hydrogen) atoms. The van der Waals surface area contributed by atoms with Crippen LogP contribution in [0.1, 0.15) is 19.3 Å². The van der Waals surface area contributed by atoms with Gasteiger partial charge in [0.2, 0.25) is 0 Å². The number of nitrogens with zero attached hydrogens (tertiary/aromatic N) is 2. The van der Waals surface area contributed by atoms with Gasteiger partial charge in [0.25, 0.3) is 5.56 Å². The average Bonchev–Trinajstić information content (AvgIpc) is 2.37. The summed E-state index contributed by atoms with van der Waals surface area (Å²) in [5.41, 5.74) is 0.505.